The molecule has 2 amide bonds. The van der Waals surface area contributed by atoms with Gasteiger partial charge in [0.15, 0.2) is 0 Å². The predicted molar refractivity (Wildman–Crippen MR) is 82.8 cm³/mol. The lowest BCUT2D eigenvalue weighted by atomic mass is 10.1. The van der Waals surface area contributed by atoms with Crippen molar-refractivity contribution in [2.24, 2.45) is 0 Å². The number of aliphatic hydroxyl groups excluding tert-OH is 1. The first-order valence-corrected chi connectivity index (χ1v) is 8.37. The molecule has 1 rings (SSSR count). The molecule has 5 nitrogen and oxygen atoms in total. The zero-order chi connectivity index (χ0) is 15.5. The fraction of sp³-hybridized carbons (Fsp3) is 0.875. The number of rotatable bonds is 10. The third-order valence-corrected chi connectivity index (χ3v) is 4.00. The molecule has 0 aromatic carbocycles. The summed E-state index contributed by atoms with van der Waals surface area (Å²) in [5.74, 6) is -0.519. The molecule has 0 unspecified atom stereocenters. The second-order valence-corrected chi connectivity index (χ2v) is 5.97. The maximum atomic E-state index is 11.7. The highest BCUT2D eigenvalue weighted by Crippen LogP contribution is 2.18. The van der Waals surface area contributed by atoms with E-state index in [-0.39, 0.29) is 24.3 Å². The smallest absolute Gasteiger partial charge is 0.229 e. The van der Waals surface area contributed by atoms with Crippen molar-refractivity contribution in [3.05, 3.63) is 0 Å². The molecular formula is C16H30N2O3. The van der Waals surface area contributed by atoms with Gasteiger partial charge in [-0.2, -0.15) is 0 Å². The van der Waals surface area contributed by atoms with Gasteiger partial charge in [-0.25, -0.2) is 0 Å². The monoisotopic (exact) mass is 298 g/mol. The van der Waals surface area contributed by atoms with Crippen molar-refractivity contribution in [1.82, 2.24) is 10.6 Å². The van der Waals surface area contributed by atoms with Gasteiger partial charge < -0.3 is 15.7 Å². The molecule has 122 valence electrons. The first-order chi connectivity index (χ1) is 10.1. The fourth-order valence-corrected chi connectivity index (χ4v) is 2.71. The van der Waals surface area contributed by atoms with E-state index in [1.165, 1.54) is 25.7 Å². The number of aliphatic hydroxyl groups is 1. The van der Waals surface area contributed by atoms with E-state index in [0.717, 1.165) is 32.1 Å². The van der Waals surface area contributed by atoms with E-state index < -0.39 is 6.10 Å². The first-order valence-electron chi connectivity index (χ1n) is 8.37. The maximum absolute atomic E-state index is 11.7. The summed E-state index contributed by atoms with van der Waals surface area (Å²) in [6.07, 6.45) is 8.94. The van der Waals surface area contributed by atoms with Crippen LogP contribution in [0.1, 0.15) is 71.1 Å². The zero-order valence-corrected chi connectivity index (χ0v) is 13.2. The fourth-order valence-electron chi connectivity index (χ4n) is 2.71. The van der Waals surface area contributed by atoms with Crippen LogP contribution in [0, 0.1) is 0 Å². The summed E-state index contributed by atoms with van der Waals surface area (Å²) in [7, 11) is 0. The van der Waals surface area contributed by atoms with Crippen LogP contribution in [0.3, 0.4) is 0 Å². The Kier molecular flexibility index (Phi) is 9.06. The molecule has 5 heteroatoms. The highest BCUT2D eigenvalue weighted by molar-refractivity contribution is 5.96. The van der Waals surface area contributed by atoms with E-state index in [9.17, 15) is 14.7 Å². The van der Waals surface area contributed by atoms with E-state index >= 15 is 0 Å². The molecule has 0 radical (unpaired) electrons. The molecule has 0 aliphatic heterocycles. The van der Waals surface area contributed by atoms with Crippen LogP contribution in [0.15, 0.2) is 0 Å². The van der Waals surface area contributed by atoms with Crippen molar-refractivity contribution < 1.29 is 14.7 Å². The number of carbonyl (C=O) groups excluding carboxylic acids is 2. The predicted octanol–water partition coefficient (Wildman–Crippen LogP) is 1.88. The Morgan fingerprint density at radius 2 is 1.76 bits per heavy atom. The van der Waals surface area contributed by atoms with Crippen molar-refractivity contribution >= 4 is 11.8 Å². The lowest BCUT2D eigenvalue weighted by Gasteiger charge is -2.16. The minimum Gasteiger partial charge on any atom is -0.391 e. The Morgan fingerprint density at radius 1 is 1.05 bits per heavy atom. The Balaban J connectivity index is 2.01. The average Bonchev–Trinajstić information content (AvgIpc) is 2.83. The summed E-state index contributed by atoms with van der Waals surface area (Å²) in [6.45, 7) is 2.83. The molecule has 1 aliphatic carbocycles. The summed E-state index contributed by atoms with van der Waals surface area (Å²) in [4.78, 5) is 23.3. The van der Waals surface area contributed by atoms with Gasteiger partial charge in [-0.1, -0.05) is 39.0 Å². The molecule has 0 bridgehead atoms. The largest absolute Gasteiger partial charge is 0.391 e. The third-order valence-electron chi connectivity index (χ3n) is 4.00. The highest BCUT2D eigenvalue weighted by atomic mass is 16.3. The normalized spacial score (nSPS) is 21.2. The van der Waals surface area contributed by atoms with E-state index in [0.29, 0.717) is 6.54 Å². The van der Waals surface area contributed by atoms with Crippen LogP contribution in [-0.4, -0.2) is 35.6 Å². The Morgan fingerprint density at radius 3 is 2.43 bits per heavy atom. The van der Waals surface area contributed by atoms with Crippen LogP contribution in [0.5, 0.6) is 0 Å². The standard InChI is InChI=1S/C16H30N2O3/c1-2-3-4-5-6-7-11-17-15(20)12-16(21)18-13-9-8-10-14(13)19/h13-14,19H,2-12H2,1H3,(H,17,20)(H,18,21)/t13-,14+/m1/s1. The molecule has 21 heavy (non-hydrogen) atoms. The van der Waals surface area contributed by atoms with Crippen molar-refractivity contribution in [3.8, 4) is 0 Å². The number of hydrogen-bond acceptors (Lipinski definition) is 3. The Hall–Kier alpha value is -1.10. The van der Waals surface area contributed by atoms with Crippen LogP contribution in [0.2, 0.25) is 0 Å². The van der Waals surface area contributed by atoms with Gasteiger partial charge in [0.1, 0.15) is 6.42 Å². The highest BCUT2D eigenvalue weighted by Gasteiger charge is 2.26. The topological polar surface area (TPSA) is 78.4 Å². The van der Waals surface area contributed by atoms with Crippen LogP contribution in [-0.2, 0) is 9.59 Å². The van der Waals surface area contributed by atoms with Crippen LogP contribution < -0.4 is 10.6 Å². The van der Waals surface area contributed by atoms with E-state index in [2.05, 4.69) is 17.6 Å². The van der Waals surface area contributed by atoms with Crippen LogP contribution in [0.25, 0.3) is 0 Å². The summed E-state index contributed by atoms with van der Waals surface area (Å²) in [5, 5.41) is 15.1. The molecule has 0 saturated heterocycles. The molecule has 0 spiro atoms. The number of nitrogens with one attached hydrogen (secondary N) is 2. The van der Waals surface area contributed by atoms with Gasteiger partial charge in [-0.05, 0) is 25.7 Å². The number of carbonyl (C=O) groups is 2. The summed E-state index contributed by atoms with van der Waals surface area (Å²) < 4.78 is 0. The average molecular weight is 298 g/mol. The molecule has 1 saturated carbocycles. The molecule has 2 atom stereocenters. The molecule has 0 aromatic heterocycles. The van der Waals surface area contributed by atoms with Crippen LogP contribution >= 0.6 is 0 Å². The van der Waals surface area contributed by atoms with Crippen molar-refractivity contribution in [2.75, 3.05) is 6.54 Å². The van der Waals surface area contributed by atoms with Crippen LogP contribution in [0.4, 0.5) is 0 Å². The Bertz CT molecular complexity index is 321. The number of hydrogen-bond donors (Lipinski definition) is 3. The molecule has 1 fully saturated rings. The molecular weight excluding hydrogens is 268 g/mol. The van der Waals surface area contributed by atoms with E-state index in [4.69, 9.17) is 0 Å². The summed E-state index contributed by atoms with van der Waals surface area (Å²) in [6, 6.07) is -0.177. The maximum Gasteiger partial charge on any atom is 0.229 e. The first kappa shape index (κ1) is 18.0. The third kappa shape index (κ3) is 8.05. The molecule has 1 aliphatic rings. The minimum atomic E-state index is -0.458. The molecule has 0 aromatic rings. The minimum absolute atomic E-state index is 0.140. The van der Waals surface area contributed by atoms with Gasteiger partial charge in [0.05, 0.1) is 12.1 Å². The van der Waals surface area contributed by atoms with Crippen molar-refractivity contribution in [2.45, 2.75) is 83.3 Å². The van der Waals surface area contributed by atoms with Gasteiger partial charge in [-0.15, -0.1) is 0 Å². The zero-order valence-electron chi connectivity index (χ0n) is 13.2. The number of amides is 2. The van der Waals surface area contributed by atoms with Gasteiger partial charge in [-0.3, -0.25) is 9.59 Å². The van der Waals surface area contributed by atoms with Gasteiger partial charge >= 0.3 is 0 Å². The van der Waals surface area contributed by atoms with E-state index in [1.54, 1.807) is 0 Å². The molecule has 0 heterocycles. The van der Waals surface area contributed by atoms with Gasteiger partial charge in [0.2, 0.25) is 11.8 Å². The van der Waals surface area contributed by atoms with Crippen molar-refractivity contribution in [3.63, 3.8) is 0 Å². The van der Waals surface area contributed by atoms with Gasteiger partial charge in [0, 0.05) is 6.54 Å². The quantitative estimate of drug-likeness (QED) is 0.426. The SMILES string of the molecule is CCCCCCCCNC(=O)CC(=O)N[C@@H]1CCC[C@@H]1O. The lowest BCUT2D eigenvalue weighted by molar-refractivity contribution is -0.130. The Labute approximate surface area is 127 Å². The van der Waals surface area contributed by atoms with Crippen molar-refractivity contribution in [1.29, 1.82) is 0 Å². The summed E-state index contributed by atoms with van der Waals surface area (Å²) in [5.41, 5.74) is 0. The van der Waals surface area contributed by atoms with Gasteiger partial charge in [0.25, 0.3) is 0 Å². The summed E-state index contributed by atoms with van der Waals surface area (Å²) >= 11 is 0. The lowest BCUT2D eigenvalue weighted by Crippen LogP contribution is -2.42. The number of unbranched alkanes of at least 4 members (excludes halogenated alkanes) is 5. The molecule has 3 N–H and O–H groups in total. The second-order valence-electron chi connectivity index (χ2n) is 5.97. The van der Waals surface area contributed by atoms with E-state index in [1.807, 2.05) is 0 Å². The second kappa shape index (κ2) is 10.6.